The molecule has 0 unspecified atom stereocenters. The number of carbonyl (C=O) groups is 1. The molecule has 0 saturated heterocycles. The van der Waals surface area contributed by atoms with E-state index in [1.807, 2.05) is 24.3 Å². The minimum absolute atomic E-state index is 0.152. The molecule has 3 rings (SSSR count). The van der Waals surface area contributed by atoms with E-state index < -0.39 is 0 Å². The SMILES string of the molecule is O=C(CCn1cnc2ccc(Br)cc2c1=O)NCc1ccccc1Cl. The van der Waals surface area contributed by atoms with E-state index in [4.69, 9.17) is 11.6 Å². The molecule has 0 spiro atoms. The number of aryl methyl sites for hydroxylation is 1. The summed E-state index contributed by atoms with van der Waals surface area (Å²) in [5.74, 6) is -0.152. The molecule has 3 aromatic rings. The molecular formula is C18H15BrClN3O2. The summed E-state index contributed by atoms with van der Waals surface area (Å²) in [6, 6.07) is 12.7. The second kappa shape index (κ2) is 7.80. The quantitative estimate of drug-likeness (QED) is 0.687. The van der Waals surface area contributed by atoms with Crippen LogP contribution >= 0.6 is 27.5 Å². The Morgan fingerprint density at radius 3 is 2.84 bits per heavy atom. The van der Waals surface area contributed by atoms with Gasteiger partial charge in [-0.15, -0.1) is 0 Å². The number of hydrogen-bond acceptors (Lipinski definition) is 3. The van der Waals surface area contributed by atoms with Crippen molar-refractivity contribution in [2.45, 2.75) is 19.5 Å². The Kier molecular flexibility index (Phi) is 5.50. The van der Waals surface area contributed by atoms with Gasteiger partial charge in [-0.2, -0.15) is 0 Å². The van der Waals surface area contributed by atoms with Crippen molar-refractivity contribution in [3.05, 3.63) is 74.2 Å². The molecule has 0 radical (unpaired) electrons. The van der Waals surface area contributed by atoms with Gasteiger partial charge in [0, 0.05) is 29.0 Å². The Morgan fingerprint density at radius 1 is 1.24 bits per heavy atom. The third-order valence-corrected chi connectivity index (χ3v) is 4.66. The summed E-state index contributed by atoms with van der Waals surface area (Å²) in [6.07, 6.45) is 1.66. The van der Waals surface area contributed by atoms with E-state index in [9.17, 15) is 9.59 Å². The third-order valence-electron chi connectivity index (χ3n) is 3.80. The Balaban J connectivity index is 1.64. The molecular weight excluding hydrogens is 406 g/mol. The predicted molar refractivity (Wildman–Crippen MR) is 102 cm³/mol. The van der Waals surface area contributed by atoms with Crippen molar-refractivity contribution in [3.63, 3.8) is 0 Å². The Labute approximate surface area is 157 Å². The van der Waals surface area contributed by atoms with Gasteiger partial charge in [-0.25, -0.2) is 4.98 Å². The number of fused-ring (bicyclic) bond motifs is 1. The van der Waals surface area contributed by atoms with Crippen LogP contribution in [-0.4, -0.2) is 15.5 Å². The summed E-state index contributed by atoms with van der Waals surface area (Å²) in [6.45, 7) is 0.624. The molecule has 1 heterocycles. The van der Waals surface area contributed by atoms with Crippen molar-refractivity contribution >= 4 is 44.3 Å². The zero-order valence-corrected chi connectivity index (χ0v) is 15.5. The van der Waals surface area contributed by atoms with E-state index in [-0.39, 0.29) is 24.4 Å². The van der Waals surface area contributed by atoms with Crippen LogP contribution < -0.4 is 10.9 Å². The van der Waals surface area contributed by atoms with E-state index in [1.165, 1.54) is 10.9 Å². The standard InChI is InChI=1S/C18H15BrClN3O2/c19-13-5-6-16-14(9-13)18(25)23(11-22-16)8-7-17(24)21-10-12-3-1-2-4-15(12)20/h1-6,9,11H,7-8,10H2,(H,21,24). The molecule has 25 heavy (non-hydrogen) atoms. The molecule has 0 aliphatic rings. The number of nitrogens with zero attached hydrogens (tertiary/aromatic N) is 2. The first-order valence-corrected chi connectivity index (χ1v) is 8.86. The van der Waals surface area contributed by atoms with Gasteiger partial charge < -0.3 is 5.32 Å². The van der Waals surface area contributed by atoms with Crippen LogP contribution in [-0.2, 0) is 17.9 Å². The topological polar surface area (TPSA) is 64.0 Å². The molecule has 1 N–H and O–H groups in total. The van der Waals surface area contributed by atoms with E-state index in [0.29, 0.717) is 22.5 Å². The van der Waals surface area contributed by atoms with Gasteiger partial charge in [0.1, 0.15) is 0 Å². The fourth-order valence-electron chi connectivity index (χ4n) is 2.44. The maximum absolute atomic E-state index is 12.5. The van der Waals surface area contributed by atoms with Crippen molar-refractivity contribution in [1.82, 2.24) is 14.9 Å². The second-order valence-corrected chi connectivity index (χ2v) is 6.85. The van der Waals surface area contributed by atoms with Crippen molar-refractivity contribution < 1.29 is 4.79 Å². The van der Waals surface area contributed by atoms with Crippen LogP contribution in [0.25, 0.3) is 10.9 Å². The van der Waals surface area contributed by atoms with Gasteiger partial charge in [0.05, 0.1) is 17.2 Å². The molecule has 0 atom stereocenters. The first kappa shape index (κ1) is 17.6. The second-order valence-electron chi connectivity index (χ2n) is 5.52. The van der Waals surface area contributed by atoms with E-state index >= 15 is 0 Å². The molecule has 2 aromatic carbocycles. The first-order chi connectivity index (χ1) is 12.0. The van der Waals surface area contributed by atoms with Crippen LogP contribution in [0, 0.1) is 0 Å². The van der Waals surface area contributed by atoms with Crippen LogP contribution in [0.4, 0.5) is 0 Å². The highest BCUT2D eigenvalue weighted by Gasteiger charge is 2.08. The summed E-state index contributed by atoms with van der Waals surface area (Å²) in [4.78, 5) is 28.8. The largest absolute Gasteiger partial charge is 0.352 e. The summed E-state index contributed by atoms with van der Waals surface area (Å²) in [5, 5.41) is 3.94. The maximum atomic E-state index is 12.5. The van der Waals surface area contributed by atoms with Crippen molar-refractivity contribution in [2.24, 2.45) is 0 Å². The number of aromatic nitrogens is 2. The average molecular weight is 421 g/mol. The molecule has 0 bridgehead atoms. The minimum Gasteiger partial charge on any atom is -0.352 e. The minimum atomic E-state index is -0.162. The van der Waals surface area contributed by atoms with Crippen LogP contribution in [0.3, 0.4) is 0 Å². The zero-order chi connectivity index (χ0) is 17.8. The molecule has 0 aliphatic carbocycles. The molecule has 5 nitrogen and oxygen atoms in total. The number of carbonyl (C=O) groups excluding carboxylic acids is 1. The van der Waals surface area contributed by atoms with Gasteiger partial charge in [-0.3, -0.25) is 14.2 Å². The fourth-order valence-corrected chi connectivity index (χ4v) is 3.00. The summed E-state index contributed by atoms with van der Waals surface area (Å²) in [5.41, 5.74) is 1.32. The average Bonchev–Trinajstić information content (AvgIpc) is 2.61. The highest BCUT2D eigenvalue weighted by atomic mass is 79.9. The van der Waals surface area contributed by atoms with Crippen LogP contribution in [0.2, 0.25) is 5.02 Å². The zero-order valence-electron chi connectivity index (χ0n) is 13.2. The molecule has 0 saturated carbocycles. The normalized spacial score (nSPS) is 10.8. The van der Waals surface area contributed by atoms with E-state index in [0.717, 1.165) is 10.0 Å². The molecule has 7 heteroatoms. The lowest BCUT2D eigenvalue weighted by Crippen LogP contribution is -2.27. The number of nitrogens with one attached hydrogen (secondary N) is 1. The van der Waals surface area contributed by atoms with Crippen LogP contribution in [0.1, 0.15) is 12.0 Å². The number of hydrogen-bond donors (Lipinski definition) is 1. The van der Waals surface area contributed by atoms with Gasteiger partial charge in [-0.05, 0) is 29.8 Å². The number of amides is 1. The lowest BCUT2D eigenvalue weighted by Gasteiger charge is -2.09. The summed E-state index contributed by atoms with van der Waals surface area (Å²) >= 11 is 9.41. The van der Waals surface area contributed by atoms with Gasteiger partial charge in [0.2, 0.25) is 5.91 Å². The smallest absolute Gasteiger partial charge is 0.261 e. The Bertz CT molecular complexity index is 987. The number of rotatable bonds is 5. The monoisotopic (exact) mass is 419 g/mol. The van der Waals surface area contributed by atoms with Crippen LogP contribution in [0.15, 0.2) is 58.1 Å². The predicted octanol–water partition coefficient (Wildman–Crippen LogP) is 3.52. The van der Waals surface area contributed by atoms with Crippen molar-refractivity contribution in [2.75, 3.05) is 0 Å². The highest BCUT2D eigenvalue weighted by Crippen LogP contribution is 2.15. The van der Waals surface area contributed by atoms with E-state index in [1.54, 1.807) is 18.2 Å². The molecule has 0 aliphatic heterocycles. The number of halogens is 2. The van der Waals surface area contributed by atoms with Crippen molar-refractivity contribution in [3.8, 4) is 0 Å². The Morgan fingerprint density at radius 2 is 2.04 bits per heavy atom. The van der Waals surface area contributed by atoms with Gasteiger partial charge in [-0.1, -0.05) is 45.7 Å². The fraction of sp³-hybridized carbons (Fsp3) is 0.167. The van der Waals surface area contributed by atoms with Gasteiger partial charge >= 0.3 is 0 Å². The number of benzene rings is 2. The van der Waals surface area contributed by atoms with Gasteiger partial charge in [0.25, 0.3) is 5.56 Å². The lowest BCUT2D eigenvalue weighted by molar-refractivity contribution is -0.121. The van der Waals surface area contributed by atoms with Crippen molar-refractivity contribution in [1.29, 1.82) is 0 Å². The first-order valence-electron chi connectivity index (χ1n) is 7.69. The Hall–Kier alpha value is -2.18. The third kappa shape index (κ3) is 4.27. The maximum Gasteiger partial charge on any atom is 0.261 e. The molecule has 1 aromatic heterocycles. The summed E-state index contributed by atoms with van der Waals surface area (Å²) in [7, 11) is 0. The van der Waals surface area contributed by atoms with Crippen LogP contribution in [0.5, 0.6) is 0 Å². The molecule has 1 amide bonds. The summed E-state index contributed by atoms with van der Waals surface area (Å²) < 4.78 is 2.26. The molecule has 0 fully saturated rings. The lowest BCUT2D eigenvalue weighted by atomic mass is 10.2. The highest BCUT2D eigenvalue weighted by molar-refractivity contribution is 9.10. The van der Waals surface area contributed by atoms with Gasteiger partial charge in [0.15, 0.2) is 0 Å². The molecule has 128 valence electrons. The van der Waals surface area contributed by atoms with E-state index in [2.05, 4.69) is 26.2 Å².